The summed E-state index contributed by atoms with van der Waals surface area (Å²) in [7, 11) is 2.10. The summed E-state index contributed by atoms with van der Waals surface area (Å²) >= 11 is 0. The Hall–Kier alpha value is -4.68. The highest BCUT2D eigenvalue weighted by atomic mass is 16.5. The molecule has 0 spiro atoms. The maximum atomic E-state index is 13.1. The molecule has 45 heavy (non-hydrogen) atoms. The van der Waals surface area contributed by atoms with Crippen LogP contribution in [0.2, 0.25) is 0 Å². The van der Waals surface area contributed by atoms with Crippen LogP contribution in [0.25, 0.3) is 0 Å². The van der Waals surface area contributed by atoms with Crippen LogP contribution in [-0.4, -0.2) is 85.3 Å². The van der Waals surface area contributed by atoms with Gasteiger partial charge < -0.3 is 40.0 Å². The second-order valence-corrected chi connectivity index (χ2v) is 11.4. The lowest BCUT2D eigenvalue weighted by Crippen LogP contribution is -2.43. The summed E-state index contributed by atoms with van der Waals surface area (Å²) in [6.45, 7) is 11.8. The van der Waals surface area contributed by atoms with E-state index in [0.29, 0.717) is 66.3 Å². The third kappa shape index (κ3) is 8.70. The van der Waals surface area contributed by atoms with E-state index in [9.17, 15) is 9.59 Å². The molecule has 3 N–H and O–H groups in total. The van der Waals surface area contributed by atoms with Gasteiger partial charge in [0.05, 0.1) is 31.2 Å². The minimum atomic E-state index is -0.320. The van der Waals surface area contributed by atoms with Crippen molar-refractivity contribution in [3.05, 3.63) is 66.9 Å². The standard InChI is InChI=1S/C33H41N7O5/c1-5-30(41)35-25-7-6-8-26(20-25)45-32-28(40-15-17-43-18-16-40)21-34-33(38-32)37-27-10-9-23(19-29(27)44-22(2)3)31(42)36-24-11-13-39(4)14-12-24/h5-10,19-22,24H,1,11-18H2,2-4H3,(H,35,41)(H,36,42)(H,34,37,38). The van der Waals surface area contributed by atoms with Crippen molar-refractivity contribution in [2.24, 2.45) is 0 Å². The first-order chi connectivity index (χ1) is 21.8. The number of hydrogen-bond acceptors (Lipinski definition) is 10. The highest BCUT2D eigenvalue weighted by Crippen LogP contribution is 2.35. The van der Waals surface area contributed by atoms with E-state index in [0.717, 1.165) is 25.9 Å². The fraction of sp³-hybridized carbons (Fsp3) is 0.394. The second kappa shape index (κ2) is 14.9. The first kappa shape index (κ1) is 31.7. The van der Waals surface area contributed by atoms with Crippen LogP contribution in [0.15, 0.2) is 61.3 Å². The molecule has 12 nitrogen and oxygen atoms in total. The van der Waals surface area contributed by atoms with Gasteiger partial charge in [-0.15, -0.1) is 0 Å². The van der Waals surface area contributed by atoms with Gasteiger partial charge in [0.1, 0.15) is 17.2 Å². The Morgan fingerprint density at radius 2 is 1.87 bits per heavy atom. The van der Waals surface area contributed by atoms with Crippen LogP contribution in [0.1, 0.15) is 37.0 Å². The first-order valence-corrected chi connectivity index (χ1v) is 15.3. The summed E-state index contributed by atoms with van der Waals surface area (Å²) in [5.74, 6) is 1.17. The van der Waals surface area contributed by atoms with Crippen molar-refractivity contribution in [3.63, 3.8) is 0 Å². The van der Waals surface area contributed by atoms with E-state index in [-0.39, 0.29) is 29.9 Å². The maximum Gasteiger partial charge on any atom is 0.251 e. The minimum Gasteiger partial charge on any atom is -0.489 e. The Kier molecular flexibility index (Phi) is 10.5. The number of carbonyl (C=O) groups is 2. The number of amides is 2. The molecule has 2 aliphatic heterocycles. The van der Waals surface area contributed by atoms with Crippen molar-refractivity contribution < 1.29 is 23.8 Å². The number of anilines is 4. The van der Waals surface area contributed by atoms with Crippen molar-refractivity contribution >= 4 is 34.8 Å². The molecule has 2 fully saturated rings. The van der Waals surface area contributed by atoms with Gasteiger partial charge in [0.15, 0.2) is 0 Å². The Balaban J connectivity index is 1.40. The molecule has 2 aliphatic rings. The van der Waals surface area contributed by atoms with Crippen molar-refractivity contribution in [2.45, 2.75) is 38.8 Å². The molecular weight excluding hydrogens is 574 g/mol. The van der Waals surface area contributed by atoms with E-state index >= 15 is 0 Å². The number of hydrogen-bond donors (Lipinski definition) is 3. The van der Waals surface area contributed by atoms with Gasteiger partial charge >= 0.3 is 0 Å². The third-order valence-electron chi connectivity index (χ3n) is 7.50. The largest absolute Gasteiger partial charge is 0.489 e. The molecule has 0 aliphatic carbocycles. The van der Waals surface area contributed by atoms with Gasteiger partial charge in [0, 0.05) is 36.4 Å². The average Bonchev–Trinajstić information content (AvgIpc) is 3.03. The molecule has 2 aromatic carbocycles. The van der Waals surface area contributed by atoms with E-state index in [1.807, 2.05) is 13.8 Å². The Morgan fingerprint density at radius 1 is 1.09 bits per heavy atom. The fourth-order valence-electron chi connectivity index (χ4n) is 5.12. The number of carbonyl (C=O) groups excluding carboxylic acids is 2. The number of morpholine rings is 1. The summed E-state index contributed by atoms with van der Waals surface area (Å²) < 4.78 is 17.9. The molecular formula is C33H41N7O5. The number of nitrogens with zero attached hydrogens (tertiary/aromatic N) is 4. The quantitative estimate of drug-likeness (QED) is 0.264. The van der Waals surface area contributed by atoms with Gasteiger partial charge in [-0.1, -0.05) is 12.6 Å². The molecule has 238 valence electrons. The van der Waals surface area contributed by atoms with Gasteiger partial charge in [-0.3, -0.25) is 9.59 Å². The minimum absolute atomic E-state index is 0.127. The van der Waals surface area contributed by atoms with Gasteiger partial charge in [0.2, 0.25) is 17.7 Å². The molecule has 1 aromatic heterocycles. The van der Waals surface area contributed by atoms with Crippen LogP contribution < -0.4 is 30.3 Å². The van der Waals surface area contributed by atoms with E-state index in [1.54, 1.807) is 48.7 Å². The highest BCUT2D eigenvalue weighted by molar-refractivity contribution is 5.99. The number of rotatable bonds is 11. The number of piperidine rings is 1. The smallest absolute Gasteiger partial charge is 0.251 e. The Morgan fingerprint density at radius 3 is 2.60 bits per heavy atom. The van der Waals surface area contributed by atoms with Crippen LogP contribution in [0, 0.1) is 0 Å². The van der Waals surface area contributed by atoms with Crippen LogP contribution in [0.3, 0.4) is 0 Å². The number of benzene rings is 2. The summed E-state index contributed by atoms with van der Waals surface area (Å²) in [5, 5.41) is 9.17. The van der Waals surface area contributed by atoms with Crippen molar-refractivity contribution in [3.8, 4) is 17.4 Å². The maximum absolute atomic E-state index is 13.1. The van der Waals surface area contributed by atoms with Gasteiger partial charge in [-0.25, -0.2) is 4.98 Å². The zero-order chi connectivity index (χ0) is 31.8. The van der Waals surface area contributed by atoms with E-state index in [1.165, 1.54) is 6.08 Å². The van der Waals surface area contributed by atoms with Crippen LogP contribution in [0.4, 0.5) is 23.0 Å². The molecule has 3 aromatic rings. The zero-order valence-corrected chi connectivity index (χ0v) is 26.0. The monoisotopic (exact) mass is 615 g/mol. The predicted octanol–water partition coefficient (Wildman–Crippen LogP) is 4.58. The summed E-state index contributed by atoms with van der Waals surface area (Å²) in [6, 6.07) is 12.5. The normalized spacial score (nSPS) is 15.8. The van der Waals surface area contributed by atoms with Crippen LogP contribution in [0.5, 0.6) is 17.4 Å². The van der Waals surface area contributed by atoms with Gasteiger partial charge in [-0.05, 0) is 83.2 Å². The lowest BCUT2D eigenvalue weighted by Gasteiger charge is -2.29. The SMILES string of the molecule is C=CC(=O)Nc1cccc(Oc2nc(Nc3ccc(C(=O)NC4CCN(C)CC4)cc3OC(C)C)ncc2N2CCOCC2)c1. The lowest BCUT2D eigenvalue weighted by atomic mass is 10.0. The van der Waals surface area contributed by atoms with Gasteiger partial charge in [0.25, 0.3) is 5.91 Å². The topological polar surface area (TPSA) is 130 Å². The van der Waals surface area contributed by atoms with E-state index in [2.05, 4.69) is 44.4 Å². The highest BCUT2D eigenvalue weighted by Gasteiger charge is 2.22. The Bertz CT molecular complexity index is 1500. The fourth-order valence-corrected chi connectivity index (χ4v) is 5.12. The van der Waals surface area contributed by atoms with Crippen molar-refractivity contribution in [1.29, 1.82) is 0 Å². The summed E-state index contributed by atoms with van der Waals surface area (Å²) in [6.07, 6.45) is 4.64. The molecule has 2 amide bonds. The number of likely N-dealkylation sites (tertiary alicyclic amines) is 1. The summed E-state index contributed by atoms with van der Waals surface area (Å²) in [5.41, 5.74) is 2.40. The molecule has 3 heterocycles. The Labute approximate surface area is 263 Å². The van der Waals surface area contributed by atoms with Crippen molar-refractivity contribution in [1.82, 2.24) is 20.2 Å². The van der Waals surface area contributed by atoms with Crippen LogP contribution in [-0.2, 0) is 9.53 Å². The molecule has 12 heteroatoms. The third-order valence-corrected chi connectivity index (χ3v) is 7.50. The second-order valence-electron chi connectivity index (χ2n) is 11.4. The molecule has 2 saturated heterocycles. The van der Waals surface area contributed by atoms with Crippen molar-refractivity contribution in [2.75, 3.05) is 62.0 Å². The predicted molar refractivity (Wildman–Crippen MR) is 174 cm³/mol. The van der Waals surface area contributed by atoms with E-state index in [4.69, 9.17) is 19.2 Å². The lowest BCUT2D eigenvalue weighted by molar-refractivity contribution is -0.111. The van der Waals surface area contributed by atoms with E-state index < -0.39 is 0 Å². The summed E-state index contributed by atoms with van der Waals surface area (Å²) in [4.78, 5) is 38.7. The molecule has 5 rings (SSSR count). The zero-order valence-electron chi connectivity index (χ0n) is 26.0. The van der Waals surface area contributed by atoms with Gasteiger partial charge in [-0.2, -0.15) is 4.98 Å². The average molecular weight is 616 g/mol. The number of ether oxygens (including phenoxy) is 3. The number of nitrogens with one attached hydrogen (secondary N) is 3. The number of aromatic nitrogens is 2. The molecule has 0 unspecified atom stereocenters. The first-order valence-electron chi connectivity index (χ1n) is 15.3. The molecule has 0 saturated carbocycles. The van der Waals surface area contributed by atoms with Crippen LogP contribution >= 0.6 is 0 Å². The molecule has 0 bridgehead atoms. The molecule has 0 atom stereocenters. The molecule has 0 radical (unpaired) electrons.